The molecule has 98 valence electrons. The highest BCUT2D eigenvalue weighted by Gasteiger charge is 2.34. The summed E-state index contributed by atoms with van der Waals surface area (Å²) in [7, 11) is -3.45. The van der Waals surface area contributed by atoms with Crippen molar-refractivity contribution in [2.75, 3.05) is 5.75 Å². The fraction of sp³-hybridized carbons (Fsp3) is 0.364. The van der Waals surface area contributed by atoms with Crippen LogP contribution < -0.4 is 5.73 Å². The van der Waals surface area contributed by atoms with E-state index >= 15 is 0 Å². The first kappa shape index (κ1) is 12.9. The molecular weight excluding hydrogens is 262 g/mol. The minimum Gasteiger partial charge on any atom is -0.386 e. The van der Waals surface area contributed by atoms with Gasteiger partial charge in [-0.2, -0.15) is 0 Å². The number of amidine groups is 1. The summed E-state index contributed by atoms with van der Waals surface area (Å²) in [6, 6.07) is 2.05. The Hall–Kier alpha value is -1.50. The molecule has 0 aromatic heterocycles. The highest BCUT2D eigenvalue weighted by Crippen LogP contribution is 2.28. The molecule has 0 spiro atoms. The van der Waals surface area contributed by atoms with Gasteiger partial charge in [0.05, 0.1) is 11.8 Å². The van der Waals surface area contributed by atoms with E-state index in [0.717, 1.165) is 6.07 Å². The molecule has 0 fully saturated rings. The molecule has 1 heterocycles. The average molecular weight is 274 g/mol. The topological polar surface area (TPSA) is 72.5 Å². The van der Waals surface area contributed by atoms with E-state index in [0.29, 0.717) is 6.07 Å². The first-order valence-electron chi connectivity index (χ1n) is 5.31. The number of nitrogens with zero attached hydrogens (tertiary/aromatic N) is 1. The number of hydrogen-bond donors (Lipinski definition) is 1. The van der Waals surface area contributed by atoms with E-state index < -0.39 is 32.8 Å². The number of halogens is 2. The van der Waals surface area contributed by atoms with Crippen LogP contribution in [-0.4, -0.2) is 25.3 Å². The SMILES string of the molecule is CC1C(N)=NC(c2ccc(F)cc2F)CS1(=O)=O. The third-order valence-corrected chi connectivity index (χ3v) is 5.07. The van der Waals surface area contributed by atoms with Crippen molar-refractivity contribution in [2.24, 2.45) is 10.7 Å². The van der Waals surface area contributed by atoms with E-state index in [-0.39, 0.29) is 17.2 Å². The first-order chi connectivity index (χ1) is 8.31. The van der Waals surface area contributed by atoms with Crippen LogP contribution >= 0.6 is 0 Å². The van der Waals surface area contributed by atoms with Gasteiger partial charge in [0.1, 0.15) is 22.7 Å². The normalized spacial score (nSPS) is 26.7. The molecule has 0 bridgehead atoms. The Morgan fingerprint density at radius 3 is 2.61 bits per heavy atom. The number of nitrogens with two attached hydrogens (primary N) is 1. The van der Waals surface area contributed by atoms with Crippen molar-refractivity contribution in [3.8, 4) is 0 Å². The van der Waals surface area contributed by atoms with Crippen molar-refractivity contribution in [1.29, 1.82) is 0 Å². The molecular formula is C11H12F2N2O2S. The lowest BCUT2D eigenvalue weighted by Crippen LogP contribution is -2.40. The molecule has 7 heteroatoms. The van der Waals surface area contributed by atoms with E-state index in [1.54, 1.807) is 0 Å². The number of rotatable bonds is 1. The molecule has 0 radical (unpaired) electrons. The largest absolute Gasteiger partial charge is 0.386 e. The first-order valence-corrected chi connectivity index (χ1v) is 7.02. The van der Waals surface area contributed by atoms with Crippen molar-refractivity contribution < 1.29 is 17.2 Å². The molecule has 2 atom stereocenters. The van der Waals surface area contributed by atoms with Gasteiger partial charge in [0.2, 0.25) is 0 Å². The highest BCUT2D eigenvalue weighted by molar-refractivity contribution is 7.92. The highest BCUT2D eigenvalue weighted by atomic mass is 32.2. The Kier molecular flexibility index (Phi) is 3.10. The molecule has 0 amide bonds. The fourth-order valence-electron chi connectivity index (χ4n) is 1.80. The van der Waals surface area contributed by atoms with Crippen LogP contribution in [0.15, 0.2) is 23.2 Å². The molecule has 1 aromatic rings. The number of hydrogen-bond acceptors (Lipinski definition) is 4. The summed E-state index contributed by atoms with van der Waals surface area (Å²) in [6.45, 7) is 1.44. The van der Waals surface area contributed by atoms with E-state index in [4.69, 9.17) is 5.73 Å². The van der Waals surface area contributed by atoms with Gasteiger partial charge >= 0.3 is 0 Å². The molecule has 2 rings (SSSR count). The Balaban J connectivity index is 2.47. The van der Waals surface area contributed by atoms with Crippen LogP contribution in [0, 0.1) is 11.6 Å². The van der Waals surface area contributed by atoms with Crippen molar-refractivity contribution in [2.45, 2.75) is 18.2 Å². The summed E-state index contributed by atoms with van der Waals surface area (Å²) in [6.07, 6.45) is 0. The molecule has 2 N–H and O–H groups in total. The molecule has 0 aliphatic carbocycles. The molecule has 18 heavy (non-hydrogen) atoms. The standard InChI is InChI=1S/C11H12F2N2O2S/c1-6-11(14)15-10(5-18(6,16)17)8-3-2-7(12)4-9(8)13/h2-4,6,10H,5H2,1H3,(H2,14,15). The van der Waals surface area contributed by atoms with Crippen LogP contribution in [0.2, 0.25) is 0 Å². The van der Waals surface area contributed by atoms with Gasteiger partial charge in [-0.1, -0.05) is 6.07 Å². The van der Waals surface area contributed by atoms with Gasteiger partial charge in [-0.15, -0.1) is 0 Å². The zero-order valence-electron chi connectivity index (χ0n) is 9.60. The van der Waals surface area contributed by atoms with Gasteiger partial charge in [-0.25, -0.2) is 17.2 Å². The Labute approximate surface area is 103 Å². The maximum absolute atomic E-state index is 13.6. The van der Waals surface area contributed by atoms with Crippen molar-refractivity contribution in [1.82, 2.24) is 0 Å². The maximum atomic E-state index is 13.6. The molecule has 2 unspecified atom stereocenters. The van der Waals surface area contributed by atoms with E-state index in [2.05, 4.69) is 4.99 Å². The van der Waals surface area contributed by atoms with Gasteiger partial charge in [0.25, 0.3) is 0 Å². The molecule has 0 saturated carbocycles. The van der Waals surface area contributed by atoms with Crippen LogP contribution in [0.4, 0.5) is 8.78 Å². The smallest absolute Gasteiger partial charge is 0.162 e. The molecule has 4 nitrogen and oxygen atoms in total. The van der Waals surface area contributed by atoms with Crippen LogP contribution in [0.25, 0.3) is 0 Å². The minimum absolute atomic E-state index is 0.0369. The monoisotopic (exact) mass is 274 g/mol. The number of sulfone groups is 1. The summed E-state index contributed by atoms with van der Waals surface area (Å²) in [4.78, 5) is 3.97. The number of benzene rings is 1. The molecule has 0 saturated heterocycles. The van der Waals surface area contributed by atoms with Crippen LogP contribution in [0.1, 0.15) is 18.5 Å². The lowest BCUT2D eigenvalue weighted by atomic mass is 10.1. The summed E-state index contributed by atoms with van der Waals surface area (Å²) in [5.74, 6) is -1.91. The van der Waals surface area contributed by atoms with Crippen LogP contribution in [0.3, 0.4) is 0 Å². The van der Waals surface area contributed by atoms with E-state index in [1.165, 1.54) is 13.0 Å². The zero-order chi connectivity index (χ0) is 13.5. The van der Waals surface area contributed by atoms with Crippen molar-refractivity contribution >= 4 is 15.7 Å². The predicted molar refractivity (Wildman–Crippen MR) is 64.0 cm³/mol. The fourth-order valence-corrected chi connectivity index (χ4v) is 3.21. The van der Waals surface area contributed by atoms with E-state index in [9.17, 15) is 17.2 Å². The average Bonchev–Trinajstić information content (AvgIpc) is 2.25. The number of aliphatic imine (C=N–C) groups is 1. The zero-order valence-corrected chi connectivity index (χ0v) is 10.4. The second kappa shape index (κ2) is 4.31. The van der Waals surface area contributed by atoms with E-state index in [1.807, 2.05) is 0 Å². The Morgan fingerprint density at radius 1 is 1.39 bits per heavy atom. The van der Waals surface area contributed by atoms with Crippen LogP contribution in [0.5, 0.6) is 0 Å². The lowest BCUT2D eigenvalue weighted by molar-refractivity contribution is 0.553. The Bertz CT molecular complexity index is 613. The quantitative estimate of drug-likeness (QED) is 0.835. The molecule has 1 aliphatic rings. The van der Waals surface area contributed by atoms with Gasteiger partial charge in [0.15, 0.2) is 9.84 Å². The van der Waals surface area contributed by atoms with Crippen LogP contribution in [-0.2, 0) is 9.84 Å². The Morgan fingerprint density at radius 2 is 2.06 bits per heavy atom. The minimum atomic E-state index is -3.45. The van der Waals surface area contributed by atoms with Gasteiger partial charge in [-0.05, 0) is 13.0 Å². The summed E-state index contributed by atoms with van der Waals surface area (Å²) < 4.78 is 49.9. The lowest BCUT2D eigenvalue weighted by Gasteiger charge is -2.24. The predicted octanol–water partition coefficient (Wildman–Crippen LogP) is 1.18. The third-order valence-electron chi connectivity index (χ3n) is 2.97. The second-order valence-corrected chi connectivity index (χ2v) is 6.57. The van der Waals surface area contributed by atoms with Gasteiger partial charge < -0.3 is 5.73 Å². The molecule has 1 aromatic carbocycles. The van der Waals surface area contributed by atoms with Gasteiger partial charge in [0, 0.05) is 11.6 Å². The summed E-state index contributed by atoms with van der Waals surface area (Å²) in [5, 5.41) is -0.864. The van der Waals surface area contributed by atoms with Gasteiger partial charge in [-0.3, -0.25) is 4.99 Å². The van der Waals surface area contributed by atoms with Crippen molar-refractivity contribution in [3.63, 3.8) is 0 Å². The maximum Gasteiger partial charge on any atom is 0.162 e. The van der Waals surface area contributed by atoms with Crippen molar-refractivity contribution in [3.05, 3.63) is 35.4 Å². The summed E-state index contributed by atoms with van der Waals surface area (Å²) >= 11 is 0. The third kappa shape index (κ3) is 2.22. The second-order valence-electron chi connectivity index (χ2n) is 4.21. The molecule has 1 aliphatic heterocycles. The summed E-state index contributed by atoms with van der Waals surface area (Å²) in [5.41, 5.74) is 5.57.